The minimum Gasteiger partial charge on any atom is -0.313 e. The third-order valence-electron chi connectivity index (χ3n) is 2.65. The van der Waals surface area contributed by atoms with Crippen molar-refractivity contribution in [2.24, 2.45) is 11.3 Å². The maximum atomic E-state index is 8.47. The standard InChI is InChI=1S/C11H22N2/c1-9(11(3,4)5)8-13-10(2)6-7-12/h9-10,13H,6,8H2,1-5H3. The number of hydrogen-bond donors (Lipinski definition) is 1. The molecular formula is C11H22N2. The Hall–Kier alpha value is -0.550. The van der Waals surface area contributed by atoms with Crippen LogP contribution in [0.5, 0.6) is 0 Å². The number of hydrogen-bond acceptors (Lipinski definition) is 2. The molecule has 2 atom stereocenters. The monoisotopic (exact) mass is 182 g/mol. The zero-order chi connectivity index (χ0) is 10.5. The molecule has 0 fully saturated rings. The van der Waals surface area contributed by atoms with Crippen molar-refractivity contribution in [3.8, 4) is 6.07 Å². The van der Waals surface area contributed by atoms with Crippen molar-refractivity contribution in [3.05, 3.63) is 0 Å². The zero-order valence-electron chi connectivity index (χ0n) is 9.52. The largest absolute Gasteiger partial charge is 0.313 e. The van der Waals surface area contributed by atoms with Crippen molar-refractivity contribution in [1.82, 2.24) is 5.32 Å². The predicted octanol–water partition coefficient (Wildman–Crippen LogP) is 2.56. The zero-order valence-corrected chi connectivity index (χ0v) is 9.52. The Bertz CT molecular complexity index is 174. The highest BCUT2D eigenvalue weighted by Gasteiger charge is 2.19. The van der Waals surface area contributed by atoms with Crippen molar-refractivity contribution >= 4 is 0 Å². The van der Waals surface area contributed by atoms with Gasteiger partial charge in [-0.05, 0) is 24.8 Å². The molecule has 0 aromatic rings. The molecule has 2 heteroatoms. The van der Waals surface area contributed by atoms with E-state index < -0.39 is 0 Å². The van der Waals surface area contributed by atoms with Gasteiger partial charge in [-0.25, -0.2) is 0 Å². The maximum absolute atomic E-state index is 8.47. The first-order chi connectivity index (χ1) is 5.88. The molecule has 76 valence electrons. The summed E-state index contributed by atoms with van der Waals surface area (Å²) in [5, 5.41) is 11.8. The van der Waals surface area contributed by atoms with Crippen LogP contribution in [0.15, 0.2) is 0 Å². The molecule has 0 radical (unpaired) electrons. The Labute approximate surface area is 82.3 Å². The maximum Gasteiger partial charge on any atom is 0.0638 e. The van der Waals surface area contributed by atoms with E-state index in [9.17, 15) is 0 Å². The van der Waals surface area contributed by atoms with Gasteiger partial charge in [0.1, 0.15) is 0 Å². The Balaban J connectivity index is 3.71. The first-order valence-electron chi connectivity index (χ1n) is 4.98. The summed E-state index contributed by atoms with van der Waals surface area (Å²) in [4.78, 5) is 0. The summed E-state index contributed by atoms with van der Waals surface area (Å²) in [7, 11) is 0. The molecular weight excluding hydrogens is 160 g/mol. The van der Waals surface area contributed by atoms with Crippen LogP contribution in [-0.4, -0.2) is 12.6 Å². The topological polar surface area (TPSA) is 35.8 Å². The normalized spacial score (nSPS) is 16.3. The quantitative estimate of drug-likeness (QED) is 0.725. The van der Waals surface area contributed by atoms with Crippen LogP contribution in [0.25, 0.3) is 0 Å². The molecule has 0 aliphatic carbocycles. The molecule has 0 spiro atoms. The fraction of sp³-hybridized carbons (Fsp3) is 0.909. The SMILES string of the molecule is CC(CC#N)NCC(C)C(C)(C)C. The molecule has 1 N–H and O–H groups in total. The minimum absolute atomic E-state index is 0.315. The number of nitrogens with one attached hydrogen (secondary N) is 1. The molecule has 2 unspecified atom stereocenters. The van der Waals surface area contributed by atoms with E-state index in [-0.39, 0.29) is 0 Å². The molecule has 0 saturated carbocycles. The van der Waals surface area contributed by atoms with Crippen molar-refractivity contribution in [2.75, 3.05) is 6.54 Å². The van der Waals surface area contributed by atoms with E-state index in [4.69, 9.17) is 5.26 Å². The lowest BCUT2D eigenvalue weighted by molar-refractivity contribution is 0.247. The average Bonchev–Trinajstić information content (AvgIpc) is 1.99. The van der Waals surface area contributed by atoms with Crippen LogP contribution in [0.4, 0.5) is 0 Å². The lowest BCUT2D eigenvalue weighted by Crippen LogP contribution is -2.34. The third kappa shape index (κ3) is 5.65. The summed E-state index contributed by atoms with van der Waals surface area (Å²) in [6, 6.07) is 2.48. The molecule has 0 saturated heterocycles. The fourth-order valence-electron chi connectivity index (χ4n) is 0.893. The van der Waals surface area contributed by atoms with Gasteiger partial charge in [-0.15, -0.1) is 0 Å². The Kier molecular flexibility index (Phi) is 5.02. The van der Waals surface area contributed by atoms with Crippen LogP contribution in [-0.2, 0) is 0 Å². The van der Waals surface area contributed by atoms with Crippen LogP contribution in [0.3, 0.4) is 0 Å². The number of nitriles is 1. The van der Waals surface area contributed by atoms with Crippen molar-refractivity contribution in [1.29, 1.82) is 5.26 Å². The van der Waals surface area contributed by atoms with Gasteiger partial charge in [0.05, 0.1) is 12.5 Å². The Morgan fingerprint density at radius 2 is 1.85 bits per heavy atom. The van der Waals surface area contributed by atoms with E-state index in [2.05, 4.69) is 46.0 Å². The second-order valence-corrected chi connectivity index (χ2v) is 4.94. The highest BCUT2D eigenvalue weighted by molar-refractivity contribution is 4.79. The highest BCUT2D eigenvalue weighted by atomic mass is 14.9. The van der Waals surface area contributed by atoms with E-state index in [1.54, 1.807) is 0 Å². The highest BCUT2D eigenvalue weighted by Crippen LogP contribution is 2.24. The summed E-state index contributed by atoms with van der Waals surface area (Å²) in [5.41, 5.74) is 0.347. The van der Waals surface area contributed by atoms with Crippen LogP contribution >= 0.6 is 0 Å². The first kappa shape index (κ1) is 12.4. The van der Waals surface area contributed by atoms with Crippen molar-refractivity contribution in [3.63, 3.8) is 0 Å². The van der Waals surface area contributed by atoms with Crippen LogP contribution in [0.1, 0.15) is 41.0 Å². The van der Waals surface area contributed by atoms with Gasteiger partial charge in [-0.1, -0.05) is 27.7 Å². The summed E-state index contributed by atoms with van der Waals surface area (Å²) < 4.78 is 0. The van der Waals surface area contributed by atoms with Crippen molar-refractivity contribution in [2.45, 2.75) is 47.1 Å². The first-order valence-corrected chi connectivity index (χ1v) is 4.98. The number of rotatable bonds is 4. The van der Waals surface area contributed by atoms with Gasteiger partial charge >= 0.3 is 0 Å². The van der Waals surface area contributed by atoms with Gasteiger partial charge in [-0.3, -0.25) is 0 Å². The molecule has 0 aromatic heterocycles. The van der Waals surface area contributed by atoms with Crippen molar-refractivity contribution < 1.29 is 0 Å². The molecule has 0 aliphatic heterocycles. The summed E-state index contributed by atoms with van der Waals surface area (Å²) >= 11 is 0. The van der Waals surface area contributed by atoms with Gasteiger partial charge in [0.25, 0.3) is 0 Å². The number of nitrogens with zero attached hydrogens (tertiary/aromatic N) is 1. The Morgan fingerprint density at radius 1 is 1.31 bits per heavy atom. The van der Waals surface area contributed by atoms with E-state index in [1.807, 2.05) is 0 Å². The van der Waals surface area contributed by atoms with E-state index in [1.165, 1.54) is 0 Å². The molecule has 0 aliphatic rings. The average molecular weight is 182 g/mol. The van der Waals surface area contributed by atoms with Gasteiger partial charge in [-0.2, -0.15) is 5.26 Å². The van der Waals surface area contributed by atoms with Gasteiger partial charge in [0, 0.05) is 6.04 Å². The van der Waals surface area contributed by atoms with E-state index in [0.717, 1.165) is 6.54 Å². The van der Waals surface area contributed by atoms with Gasteiger partial charge < -0.3 is 5.32 Å². The predicted molar refractivity (Wildman–Crippen MR) is 56.3 cm³/mol. The van der Waals surface area contributed by atoms with E-state index >= 15 is 0 Å². The van der Waals surface area contributed by atoms with Gasteiger partial charge in [0.2, 0.25) is 0 Å². The third-order valence-corrected chi connectivity index (χ3v) is 2.65. The van der Waals surface area contributed by atoms with Gasteiger partial charge in [0.15, 0.2) is 0 Å². The molecule has 0 bridgehead atoms. The smallest absolute Gasteiger partial charge is 0.0638 e. The van der Waals surface area contributed by atoms with Crippen LogP contribution < -0.4 is 5.32 Å². The lowest BCUT2D eigenvalue weighted by atomic mass is 9.82. The molecule has 0 aromatic carbocycles. The second-order valence-electron chi connectivity index (χ2n) is 4.94. The lowest BCUT2D eigenvalue weighted by Gasteiger charge is -2.28. The molecule has 2 nitrogen and oxygen atoms in total. The minimum atomic E-state index is 0.315. The molecule has 13 heavy (non-hydrogen) atoms. The second kappa shape index (κ2) is 5.24. The Morgan fingerprint density at radius 3 is 2.23 bits per heavy atom. The van der Waals surface area contributed by atoms with E-state index in [0.29, 0.717) is 23.8 Å². The molecule has 0 amide bonds. The molecule has 0 rings (SSSR count). The van der Waals surface area contributed by atoms with Crippen LogP contribution in [0.2, 0.25) is 0 Å². The molecule has 0 heterocycles. The van der Waals surface area contributed by atoms with Crippen LogP contribution in [0, 0.1) is 22.7 Å². The fourth-order valence-corrected chi connectivity index (χ4v) is 0.893. The summed E-state index contributed by atoms with van der Waals surface area (Å²) in [6.45, 7) is 12.0. The summed E-state index contributed by atoms with van der Waals surface area (Å²) in [6.07, 6.45) is 0.594. The summed E-state index contributed by atoms with van der Waals surface area (Å²) in [5.74, 6) is 0.633.